The van der Waals surface area contributed by atoms with Gasteiger partial charge < -0.3 is 24.8 Å². The van der Waals surface area contributed by atoms with Crippen molar-refractivity contribution in [3.8, 4) is 0 Å². The van der Waals surface area contributed by atoms with Crippen molar-refractivity contribution in [2.75, 3.05) is 50.1 Å². The first-order valence-electron chi connectivity index (χ1n) is 11.8. The second kappa shape index (κ2) is 11.0. The number of anilines is 2. The maximum Gasteiger partial charge on any atom is 0.416 e. The summed E-state index contributed by atoms with van der Waals surface area (Å²) < 4.78 is 24.8. The largest absolute Gasteiger partial charge is 0.465 e. The maximum absolute atomic E-state index is 14.4. The summed E-state index contributed by atoms with van der Waals surface area (Å²) in [6.45, 7) is 6.97. The third-order valence-corrected chi connectivity index (χ3v) is 6.62. The van der Waals surface area contributed by atoms with Crippen LogP contribution < -0.4 is 10.2 Å². The lowest BCUT2D eigenvalue weighted by Crippen LogP contribution is -2.47. The van der Waals surface area contributed by atoms with Crippen LogP contribution in [0.5, 0.6) is 0 Å². The van der Waals surface area contributed by atoms with Crippen LogP contribution in [0.15, 0.2) is 30.3 Å². The van der Waals surface area contributed by atoms with E-state index in [-0.39, 0.29) is 30.5 Å². The van der Waals surface area contributed by atoms with Crippen LogP contribution >= 0.6 is 0 Å². The van der Waals surface area contributed by atoms with Crippen LogP contribution in [0.4, 0.5) is 25.7 Å². The van der Waals surface area contributed by atoms with E-state index in [1.807, 2.05) is 31.2 Å². The van der Waals surface area contributed by atoms with E-state index in [0.29, 0.717) is 26.2 Å². The molecule has 2 aromatic rings. The molecule has 11 nitrogen and oxygen atoms in total. The quantitative estimate of drug-likeness (QED) is 0.525. The molecule has 0 radical (unpaired) electrons. The summed E-state index contributed by atoms with van der Waals surface area (Å²) in [6.07, 6.45) is -1.81. The average molecular weight is 503 g/mol. The molecule has 194 valence electrons. The number of aromatic nitrogens is 2. The predicted octanol–water partition coefficient (Wildman–Crippen LogP) is 2.94. The summed E-state index contributed by atoms with van der Waals surface area (Å²) >= 11 is 0. The third-order valence-electron chi connectivity index (χ3n) is 6.62. The molecule has 2 N–H and O–H groups in total. The minimum atomic E-state index is -0.875. The molecule has 2 aliphatic rings. The van der Waals surface area contributed by atoms with Gasteiger partial charge in [-0.25, -0.2) is 9.59 Å². The highest BCUT2D eigenvalue weighted by Crippen LogP contribution is 2.26. The molecule has 2 unspecified atom stereocenters. The van der Waals surface area contributed by atoms with Crippen LogP contribution in [0.2, 0.25) is 0 Å². The van der Waals surface area contributed by atoms with Crippen LogP contribution in [0.3, 0.4) is 0 Å². The predicted molar refractivity (Wildman–Crippen MR) is 129 cm³/mol. The van der Waals surface area contributed by atoms with E-state index in [0.717, 1.165) is 23.7 Å². The van der Waals surface area contributed by atoms with Crippen molar-refractivity contribution in [2.24, 2.45) is 0 Å². The van der Waals surface area contributed by atoms with Crippen molar-refractivity contribution in [1.29, 1.82) is 0 Å². The second-order valence-electron chi connectivity index (χ2n) is 8.98. The van der Waals surface area contributed by atoms with Gasteiger partial charge >= 0.3 is 12.2 Å². The smallest absolute Gasteiger partial charge is 0.416 e. The van der Waals surface area contributed by atoms with E-state index in [1.165, 1.54) is 16.9 Å². The van der Waals surface area contributed by atoms with Crippen LogP contribution in [0.25, 0.3) is 0 Å². The molecule has 2 amide bonds. The number of amides is 2. The first-order chi connectivity index (χ1) is 17.2. The molecule has 4 rings (SSSR count). The Bertz CT molecular complexity index is 1080. The van der Waals surface area contributed by atoms with E-state index < -0.39 is 24.2 Å². The average Bonchev–Trinajstić information content (AvgIpc) is 3.25. The van der Waals surface area contributed by atoms with Gasteiger partial charge in [0.15, 0.2) is 0 Å². The topological polar surface area (TPSA) is 120 Å². The molecule has 0 aliphatic carbocycles. The number of methoxy groups -OCH3 is 1. The van der Waals surface area contributed by atoms with Gasteiger partial charge in [-0.3, -0.25) is 9.80 Å². The molecular weight excluding hydrogens is 471 g/mol. The standard InChI is InChI=1S/C24H31FN6O5/c1-15(18-6-4-17(5-7-18)13-29-8-10-30(11-9-29)23(32)33)26-22-27-20(25)12-21(28-22)31-19(16(2)35-3)14-36-24(31)34/h4-7,12,15-16,19H,8-11,13-14H2,1-3H3,(H,32,33)(H,26,27,28)/t15?,16?,19-/m1/s1. The molecule has 2 aliphatic heterocycles. The van der Waals surface area contributed by atoms with E-state index >= 15 is 0 Å². The Balaban J connectivity index is 1.40. The van der Waals surface area contributed by atoms with Gasteiger partial charge in [0.2, 0.25) is 11.9 Å². The number of benzene rings is 1. The Morgan fingerprint density at radius 3 is 2.56 bits per heavy atom. The van der Waals surface area contributed by atoms with E-state index in [1.54, 1.807) is 6.92 Å². The van der Waals surface area contributed by atoms with Crippen LogP contribution in [0.1, 0.15) is 31.0 Å². The lowest BCUT2D eigenvalue weighted by atomic mass is 10.1. The summed E-state index contributed by atoms with van der Waals surface area (Å²) in [5, 5.41) is 12.2. The number of ether oxygens (including phenoxy) is 2. The number of piperazine rings is 1. The van der Waals surface area contributed by atoms with Gasteiger partial charge in [0.25, 0.3) is 0 Å². The highest BCUT2D eigenvalue weighted by atomic mass is 19.1. The number of hydrogen-bond acceptors (Lipinski definition) is 8. The van der Waals surface area contributed by atoms with Crippen molar-refractivity contribution in [1.82, 2.24) is 19.8 Å². The normalized spacial score (nSPS) is 20.2. The fourth-order valence-electron chi connectivity index (χ4n) is 4.34. The van der Waals surface area contributed by atoms with Crippen molar-refractivity contribution in [2.45, 2.75) is 38.6 Å². The van der Waals surface area contributed by atoms with Crippen LogP contribution in [0, 0.1) is 5.95 Å². The van der Waals surface area contributed by atoms with Gasteiger partial charge in [0, 0.05) is 45.9 Å². The Morgan fingerprint density at radius 2 is 1.92 bits per heavy atom. The number of hydrogen-bond donors (Lipinski definition) is 2. The Labute approximate surface area is 208 Å². The number of carbonyl (C=O) groups is 2. The lowest BCUT2D eigenvalue weighted by Gasteiger charge is -2.33. The SMILES string of the molecule is COC(C)[C@H]1COC(=O)N1c1cc(F)nc(NC(C)c2ccc(CN3CCN(C(=O)O)CC3)cc2)n1. The monoisotopic (exact) mass is 502 g/mol. The number of carbonyl (C=O) groups excluding carboxylic acids is 1. The Hall–Kier alpha value is -3.51. The number of carboxylic acid groups (broad SMARTS) is 1. The third kappa shape index (κ3) is 5.82. The minimum absolute atomic E-state index is 0.0568. The molecule has 0 saturated carbocycles. The number of rotatable bonds is 8. The van der Waals surface area contributed by atoms with Crippen LogP contribution in [-0.2, 0) is 16.0 Å². The molecule has 2 fully saturated rings. The van der Waals surface area contributed by atoms with E-state index in [2.05, 4.69) is 20.2 Å². The summed E-state index contributed by atoms with van der Waals surface area (Å²) in [5.74, 6) is -0.607. The lowest BCUT2D eigenvalue weighted by molar-refractivity contribution is 0.0881. The Kier molecular flexibility index (Phi) is 7.85. The number of cyclic esters (lactones) is 1. The van der Waals surface area contributed by atoms with Crippen molar-refractivity contribution in [3.05, 3.63) is 47.4 Å². The zero-order valence-electron chi connectivity index (χ0n) is 20.6. The van der Waals surface area contributed by atoms with Gasteiger partial charge in [0.05, 0.1) is 12.1 Å². The van der Waals surface area contributed by atoms with Crippen LogP contribution in [-0.4, -0.2) is 89.1 Å². The molecule has 36 heavy (non-hydrogen) atoms. The van der Waals surface area contributed by atoms with Gasteiger partial charge in [-0.05, 0) is 25.0 Å². The molecule has 1 aromatic carbocycles. The summed E-state index contributed by atoms with van der Waals surface area (Å²) in [4.78, 5) is 36.5. The molecule has 3 heterocycles. The fourth-order valence-corrected chi connectivity index (χ4v) is 4.34. The van der Waals surface area contributed by atoms with Gasteiger partial charge in [-0.2, -0.15) is 14.4 Å². The molecule has 2 saturated heterocycles. The van der Waals surface area contributed by atoms with E-state index in [9.17, 15) is 14.0 Å². The summed E-state index contributed by atoms with van der Waals surface area (Å²) in [5.41, 5.74) is 2.07. The zero-order chi connectivity index (χ0) is 25.8. The molecule has 3 atom stereocenters. The Morgan fingerprint density at radius 1 is 1.22 bits per heavy atom. The van der Waals surface area contributed by atoms with Gasteiger partial charge in [0.1, 0.15) is 18.5 Å². The number of nitrogens with zero attached hydrogens (tertiary/aromatic N) is 5. The van der Waals surface area contributed by atoms with Gasteiger partial charge in [-0.15, -0.1) is 0 Å². The highest BCUT2D eigenvalue weighted by molar-refractivity contribution is 5.89. The summed E-state index contributed by atoms with van der Waals surface area (Å²) in [6, 6.07) is 8.44. The highest BCUT2D eigenvalue weighted by Gasteiger charge is 2.39. The molecule has 1 aromatic heterocycles. The first-order valence-corrected chi connectivity index (χ1v) is 11.8. The molecule has 0 spiro atoms. The zero-order valence-corrected chi connectivity index (χ0v) is 20.6. The second-order valence-corrected chi connectivity index (χ2v) is 8.98. The van der Waals surface area contributed by atoms with Crippen molar-refractivity contribution < 1.29 is 28.6 Å². The minimum Gasteiger partial charge on any atom is -0.465 e. The van der Waals surface area contributed by atoms with Crippen molar-refractivity contribution >= 4 is 24.0 Å². The molecular formula is C24H31FN6O5. The summed E-state index contributed by atoms with van der Waals surface area (Å²) in [7, 11) is 1.53. The number of halogens is 1. The molecule has 12 heteroatoms. The fraction of sp³-hybridized carbons (Fsp3) is 0.500. The maximum atomic E-state index is 14.4. The van der Waals surface area contributed by atoms with Gasteiger partial charge in [-0.1, -0.05) is 24.3 Å². The first kappa shape index (κ1) is 25.6. The molecule has 0 bridgehead atoms. The van der Waals surface area contributed by atoms with E-state index in [4.69, 9.17) is 14.6 Å². The number of nitrogens with one attached hydrogen (secondary N) is 1. The van der Waals surface area contributed by atoms with Crippen molar-refractivity contribution in [3.63, 3.8) is 0 Å².